The summed E-state index contributed by atoms with van der Waals surface area (Å²) in [5.74, 6) is -0.280. The predicted octanol–water partition coefficient (Wildman–Crippen LogP) is 3.61. The van der Waals surface area contributed by atoms with Crippen molar-refractivity contribution in [2.45, 2.75) is 65.2 Å². The van der Waals surface area contributed by atoms with E-state index in [0.717, 1.165) is 12.8 Å². The van der Waals surface area contributed by atoms with E-state index in [0.29, 0.717) is 6.61 Å². The number of nitrogens with one attached hydrogen (secondary N) is 2. The number of hydrogen-bond donors (Lipinski definition) is 2. The molecule has 5 nitrogen and oxygen atoms in total. The molecule has 0 aromatic carbocycles. The normalized spacial score (nSPS) is 14.1. The Labute approximate surface area is 117 Å². The van der Waals surface area contributed by atoms with Gasteiger partial charge in [-0.3, -0.25) is 14.8 Å². The van der Waals surface area contributed by atoms with Gasteiger partial charge in [-0.05, 0) is 6.42 Å². The molecule has 0 rings (SSSR count). The van der Waals surface area contributed by atoms with Crippen LogP contribution in [0.25, 0.3) is 0 Å². The minimum absolute atomic E-state index is 0.280. The average molecular weight is 292 g/mol. The van der Waals surface area contributed by atoms with Gasteiger partial charge in [0.2, 0.25) is 5.91 Å². The van der Waals surface area contributed by atoms with Gasteiger partial charge < -0.3 is 4.52 Å². The van der Waals surface area contributed by atoms with Crippen molar-refractivity contribution in [3.05, 3.63) is 0 Å². The van der Waals surface area contributed by atoms with Crippen LogP contribution >= 0.6 is 7.52 Å². The summed E-state index contributed by atoms with van der Waals surface area (Å²) in [7, 11) is -2.90. The van der Waals surface area contributed by atoms with Gasteiger partial charge in [-0.2, -0.15) is 5.20 Å². The maximum Gasteiger partial charge on any atom is 0.284 e. The highest BCUT2D eigenvalue weighted by atomic mass is 31.2. The number of hydrogen-bond acceptors (Lipinski definition) is 3. The van der Waals surface area contributed by atoms with E-state index in [2.05, 4.69) is 17.5 Å². The summed E-state index contributed by atoms with van der Waals surface area (Å²) < 4.78 is 17.0. The monoisotopic (exact) mass is 292 g/mol. The molecule has 0 fully saturated rings. The molecular weight excluding hydrogens is 263 g/mol. The minimum Gasteiger partial charge on any atom is -0.317 e. The molecule has 0 aliphatic carbocycles. The van der Waals surface area contributed by atoms with Crippen LogP contribution in [-0.4, -0.2) is 19.2 Å². The Morgan fingerprint density at radius 3 is 2.11 bits per heavy atom. The van der Waals surface area contributed by atoms with Gasteiger partial charge in [-0.1, -0.05) is 51.9 Å². The molecule has 1 unspecified atom stereocenters. The van der Waals surface area contributed by atoms with Crippen molar-refractivity contribution in [1.82, 2.24) is 10.6 Å². The zero-order valence-corrected chi connectivity index (χ0v) is 13.4. The van der Waals surface area contributed by atoms with Crippen LogP contribution in [0.2, 0.25) is 0 Å². The number of amides is 1. The Bertz CT molecular complexity index is 285. The van der Waals surface area contributed by atoms with Gasteiger partial charge >= 0.3 is 0 Å². The second-order valence-electron chi connectivity index (χ2n) is 4.95. The Hall–Kier alpha value is -0.380. The zero-order valence-electron chi connectivity index (χ0n) is 12.5. The molecule has 19 heavy (non-hydrogen) atoms. The molecule has 1 amide bonds. The maximum atomic E-state index is 11.8. The summed E-state index contributed by atoms with van der Waals surface area (Å²) >= 11 is 0. The van der Waals surface area contributed by atoms with Crippen LogP contribution in [0.5, 0.6) is 0 Å². The largest absolute Gasteiger partial charge is 0.317 e. The lowest BCUT2D eigenvalue weighted by atomic mass is 10.1. The van der Waals surface area contributed by atoms with Crippen LogP contribution in [0.4, 0.5) is 0 Å². The maximum absolute atomic E-state index is 11.8. The highest BCUT2D eigenvalue weighted by Crippen LogP contribution is 2.36. The summed E-state index contributed by atoms with van der Waals surface area (Å²) in [5.41, 5.74) is 2.29. The first-order valence-electron chi connectivity index (χ1n) is 7.24. The average Bonchev–Trinajstić information content (AvgIpc) is 2.34. The molecule has 0 aromatic rings. The topological polar surface area (TPSA) is 67.4 Å². The number of carbonyl (C=O) groups is 1. The SMILES string of the molecule is CCCCCCCCCCOP(C)(=O)NNC(C)=O. The van der Waals surface area contributed by atoms with Gasteiger partial charge in [0.1, 0.15) is 0 Å². The van der Waals surface area contributed by atoms with Crippen molar-refractivity contribution in [3.8, 4) is 0 Å². The van der Waals surface area contributed by atoms with Crippen molar-refractivity contribution in [2.24, 2.45) is 0 Å². The lowest BCUT2D eigenvalue weighted by molar-refractivity contribution is -0.119. The first-order chi connectivity index (χ1) is 8.98. The third-order valence-corrected chi connectivity index (χ3v) is 3.96. The van der Waals surface area contributed by atoms with E-state index < -0.39 is 7.52 Å². The lowest BCUT2D eigenvalue weighted by Gasteiger charge is -2.15. The number of carbonyl (C=O) groups excluding carboxylic acids is 1. The number of rotatable bonds is 12. The molecule has 0 aromatic heterocycles. The smallest absolute Gasteiger partial charge is 0.284 e. The molecule has 0 saturated carbocycles. The summed E-state index contributed by atoms with van der Waals surface area (Å²) in [6.07, 6.45) is 9.74. The second-order valence-corrected chi connectivity index (χ2v) is 7.12. The molecule has 0 heterocycles. The first-order valence-corrected chi connectivity index (χ1v) is 9.31. The lowest BCUT2D eigenvalue weighted by Crippen LogP contribution is -2.33. The van der Waals surface area contributed by atoms with E-state index in [1.807, 2.05) is 0 Å². The first kappa shape index (κ1) is 18.6. The van der Waals surface area contributed by atoms with Gasteiger partial charge in [0, 0.05) is 13.6 Å². The van der Waals surface area contributed by atoms with Crippen molar-refractivity contribution in [1.29, 1.82) is 0 Å². The highest BCUT2D eigenvalue weighted by molar-refractivity contribution is 7.55. The van der Waals surface area contributed by atoms with E-state index in [-0.39, 0.29) is 5.91 Å². The van der Waals surface area contributed by atoms with Gasteiger partial charge in [0.05, 0.1) is 6.61 Å². The van der Waals surface area contributed by atoms with E-state index in [4.69, 9.17) is 4.52 Å². The van der Waals surface area contributed by atoms with Crippen molar-refractivity contribution >= 4 is 13.4 Å². The summed E-state index contributed by atoms with van der Waals surface area (Å²) in [6, 6.07) is 0. The van der Waals surface area contributed by atoms with Crippen molar-refractivity contribution in [3.63, 3.8) is 0 Å². The Kier molecular flexibility index (Phi) is 11.2. The standard InChI is InChI=1S/C13H29N2O3P/c1-4-5-6-7-8-9-10-11-12-18-19(3,17)15-14-13(2)16/h4-12H2,1-3H3,(H,14,16)(H,15,17). The summed E-state index contributed by atoms with van der Waals surface area (Å²) in [5, 5.41) is 2.42. The van der Waals surface area contributed by atoms with E-state index in [1.54, 1.807) is 0 Å². The van der Waals surface area contributed by atoms with Crippen LogP contribution in [-0.2, 0) is 13.9 Å². The second kappa shape index (κ2) is 11.4. The van der Waals surface area contributed by atoms with Gasteiger partial charge in [-0.25, -0.2) is 0 Å². The highest BCUT2D eigenvalue weighted by Gasteiger charge is 2.14. The Balaban J connectivity index is 3.37. The minimum atomic E-state index is -2.90. The van der Waals surface area contributed by atoms with Crippen LogP contribution in [0.3, 0.4) is 0 Å². The van der Waals surface area contributed by atoms with E-state index in [9.17, 15) is 9.36 Å². The quantitative estimate of drug-likeness (QED) is 0.327. The molecule has 6 heteroatoms. The van der Waals surface area contributed by atoms with Crippen LogP contribution in [0.15, 0.2) is 0 Å². The van der Waals surface area contributed by atoms with Crippen LogP contribution in [0.1, 0.15) is 65.2 Å². The molecule has 0 aliphatic heterocycles. The van der Waals surface area contributed by atoms with Gasteiger partial charge in [-0.15, -0.1) is 0 Å². The van der Waals surface area contributed by atoms with Crippen LogP contribution < -0.4 is 10.6 Å². The third kappa shape index (κ3) is 13.8. The third-order valence-electron chi connectivity index (χ3n) is 2.77. The fourth-order valence-electron chi connectivity index (χ4n) is 1.69. The molecule has 1 atom stereocenters. The number of unbranched alkanes of at least 4 members (excludes halogenated alkanes) is 7. The molecule has 0 bridgehead atoms. The van der Waals surface area contributed by atoms with Gasteiger partial charge in [0.25, 0.3) is 7.52 Å². The summed E-state index contributed by atoms with van der Waals surface area (Å²) in [6.45, 7) is 5.50. The molecule has 114 valence electrons. The molecule has 0 radical (unpaired) electrons. The van der Waals surface area contributed by atoms with E-state index in [1.165, 1.54) is 52.1 Å². The fraction of sp³-hybridized carbons (Fsp3) is 0.923. The van der Waals surface area contributed by atoms with Gasteiger partial charge in [0.15, 0.2) is 0 Å². The Morgan fingerprint density at radius 1 is 1.05 bits per heavy atom. The molecule has 0 aliphatic rings. The fourth-order valence-corrected chi connectivity index (χ4v) is 2.59. The predicted molar refractivity (Wildman–Crippen MR) is 79.0 cm³/mol. The van der Waals surface area contributed by atoms with E-state index >= 15 is 0 Å². The molecule has 0 spiro atoms. The number of hydrazine groups is 1. The van der Waals surface area contributed by atoms with Crippen molar-refractivity contribution < 1.29 is 13.9 Å². The van der Waals surface area contributed by atoms with Crippen LogP contribution in [0, 0.1) is 0 Å². The molecule has 2 N–H and O–H groups in total. The molecular formula is C13H29N2O3P. The van der Waals surface area contributed by atoms with Crippen molar-refractivity contribution in [2.75, 3.05) is 13.3 Å². The Morgan fingerprint density at radius 2 is 1.58 bits per heavy atom. The summed E-state index contributed by atoms with van der Waals surface area (Å²) in [4.78, 5) is 10.7. The molecule has 0 saturated heterocycles. The zero-order chi connectivity index (χ0) is 14.6.